The third-order valence-corrected chi connectivity index (χ3v) is 6.07. The number of nitrogens with two attached hydrogens (primary N) is 1. The maximum Gasteiger partial charge on any atom is 0.330 e. The summed E-state index contributed by atoms with van der Waals surface area (Å²) in [6, 6.07) is 8.18. The lowest BCUT2D eigenvalue weighted by Crippen LogP contribution is -2.42. The van der Waals surface area contributed by atoms with Crippen LogP contribution in [0.1, 0.15) is 57.1 Å². The Kier molecular flexibility index (Phi) is 9.91. The van der Waals surface area contributed by atoms with Crippen molar-refractivity contribution in [3.63, 3.8) is 0 Å². The second kappa shape index (κ2) is 12.4. The van der Waals surface area contributed by atoms with E-state index in [9.17, 15) is 14.4 Å². The molecule has 0 saturated heterocycles. The van der Waals surface area contributed by atoms with E-state index in [1.165, 1.54) is 26.8 Å². The molecule has 0 aliphatic rings. The molecule has 2 aromatic rings. The van der Waals surface area contributed by atoms with Crippen molar-refractivity contribution in [2.24, 2.45) is 0 Å². The van der Waals surface area contributed by atoms with Crippen molar-refractivity contribution in [3.05, 3.63) is 56.2 Å². The molecule has 2 rings (SSSR count). The number of nitrogen functional groups attached to an aromatic ring is 1. The van der Waals surface area contributed by atoms with Gasteiger partial charge in [-0.1, -0.05) is 62.9 Å². The summed E-state index contributed by atoms with van der Waals surface area (Å²) in [6.45, 7) is 6.94. The number of thioether (sulfide) groups is 1. The average molecular weight is 447 g/mol. The molecule has 3 N–H and O–H groups in total. The Morgan fingerprint density at radius 1 is 1.16 bits per heavy atom. The maximum absolute atomic E-state index is 13.1. The molecule has 8 heteroatoms. The maximum atomic E-state index is 13.1. The molecule has 0 aliphatic carbocycles. The van der Waals surface area contributed by atoms with Crippen LogP contribution in [0.3, 0.4) is 0 Å². The molecular weight excluding hydrogens is 412 g/mol. The molecule has 170 valence electrons. The second-order valence-electron chi connectivity index (χ2n) is 7.73. The van der Waals surface area contributed by atoms with Crippen LogP contribution in [0.2, 0.25) is 0 Å². The zero-order valence-electron chi connectivity index (χ0n) is 18.8. The van der Waals surface area contributed by atoms with E-state index in [2.05, 4.69) is 18.0 Å². The largest absolute Gasteiger partial charge is 0.383 e. The fourth-order valence-electron chi connectivity index (χ4n) is 3.39. The lowest BCUT2D eigenvalue weighted by molar-refractivity contribution is -0.116. The van der Waals surface area contributed by atoms with Gasteiger partial charge < -0.3 is 10.6 Å². The van der Waals surface area contributed by atoms with Crippen LogP contribution in [-0.4, -0.2) is 27.8 Å². The van der Waals surface area contributed by atoms with E-state index in [1.54, 1.807) is 0 Å². The van der Waals surface area contributed by atoms with Gasteiger partial charge in [0.05, 0.1) is 5.75 Å². The van der Waals surface area contributed by atoms with Crippen molar-refractivity contribution in [3.8, 4) is 0 Å². The van der Waals surface area contributed by atoms with Crippen LogP contribution in [0.5, 0.6) is 0 Å². The van der Waals surface area contributed by atoms with Gasteiger partial charge in [0.2, 0.25) is 5.91 Å². The summed E-state index contributed by atoms with van der Waals surface area (Å²) in [5.74, 6) is 0.827. The van der Waals surface area contributed by atoms with Gasteiger partial charge in [-0.05, 0) is 25.3 Å². The van der Waals surface area contributed by atoms with E-state index in [1.807, 2.05) is 32.0 Å². The second-order valence-corrected chi connectivity index (χ2v) is 8.72. The first-order valence-corrected chi connectivity index (χ1v) is 12.1. The van der Waals surface area contributed by atoms with Crippen molar-refractivity contribution in [2.45, 2.75) is 65.2 Å². The van der Waals surface area contributed by atoms with Crippen LogP contribution >= 0.6 is 11.8 Å². The van der Waals surface area contributed by atoms with E-state index in [-0.39, 0.29) is 23.2 Å². The number of aromatic nitrogens is 2. The SMILES string of the molecule is CCCCCN(C(=O)CSCc1cccc(C)c1)c1c(N)n(CCCC)c(=O)[nH]c1=O. The van der Waals surface area contributed by atoms with E-state index < -0.39 is 11.2 Å². The number of carbonyl (C=O) groups is 1. The summed E-state index contributed by atoms with van der Waals surface area (Å²) in [5.41, 5.74) is 7.53. The van der Waals surface area contributed by atoms with Gasteiger partial charge in [-0.3, -0.25) is 19.1 Å². The molecular formula is C23H34N4O3S. The predicted molar refractivity (Wildman–Crippen MR) is 130 cm³/mol. The minimum Gasteiger partial charge on any atom is -0.383 e. The molecule has 0 radical (unpaired) electrons. The number of nitrogens with one attached hydrogen (secondary N) is 1. The van der Waals surface area contributed by atoms with Crippen LogP contribution in [0.4, 0.5) is 11.5 Å². The number of carbonyl (C=O) groups excluding carboxylic acids is 1. The molecule has 0 unspecified atom stereocenters. The molecule has 0 aliphatic heterocycles. The minimum atomic E-state index is -0.608. The Morgan fingerprint density at radius 2 is 1.90 bits per heavy atom. The van der Waals surface area contributed by atoms with Crippen LogP contribution in [-0.2, 0) is 17.1 Å². The van der Waals surface area contributed by atoms with Gasteiger partial charge in [-0.25, -0.2) is 4.79 Å². The number of H-pyrrole nitrogens is 1. The molecule has 0 fully saturated rings. The lowest BCUT2D eigenvalue weighted by atomic mass is 10.2. The Morgan fingerprint density at radius 3 is 2.58 bits per heavy atom. The van der Waals surface area contributed by atoms with Crippen LogP contribution < -0.4 is 21.9 Å². The number of hydrogen-bond acceptors (Lipinski definition) is 5. The number of rotatable bonds is 12. The lowest BCUT2D eigenvalue weighted by Gasteiger charge is -2.24. The number of hydrogen-bond donors (Lipinski definition) is 2. The van der Waals surface area contributed by atoms with Crippen molar-refractivity contribution >= 4 is 29.2 Å². The zero-order chi connectivity index (χ0) is 22.8. The predicted octanol–water partition coefficient (Wildman–Crippen LogP) is 3.68. The molecule has 0 spiro atoms. The number of nitrogens with zero attached hydrogens (tertiary/aromatic N) is 2. The highest BCUT2D eigenvalue weighted by Crippen LogP contribution is 2.21. The quantitative estimate of drug-likeness (QED) is 0.484. The zero-order valence-corrected chi connectivity index (χ0v) is 19.6. The van der Waals surface area contributed by atoms with Gasteiger partial charge in [0.1, 0.15) is 5.82 Å². The highest BCUT2D eigenvalue weighted by Gasteiger charge is 2.23. The number of anilines is 2. The molecule has 1 amide bonds. The van der Waals surface area contributed by atoms with Gasteiger partial charge >= 0.3 is 5.69 Å². The Labute approximate surface area is 188 Å². The third-order valence-electron chi connectivity index (χ3n) is 5.08. The van der Waals surface area contributed by atoms with Crippen molar-refractivity contribution in [1.29, 1.82) is 0 Å². The average Bonchev–Trinajstić information content (AvgIpc) is 2.72. The first kappa shape index (κ1) is 24.8. The number of unbranched alkanes of at least 4 members (excludes halogenated alkanes) is 3. The van der Waals surface area contributed by atoms with Crippen molar-refractivity contribution in [1.82, 2.24) is 9.55 Å². The molecule has 1 aromatic carbocycles. The number of benzene rings is 1. The van der Waals surface area contributed by atoms with E-state index in [0.29, 0.717) is 18.8 Å². The number of aromatic amines is 1. The molecule has 7 nitrogen and oxygen atoms in total. The van der Waals surface area contributed by atoms with Crippen molar-refractivity contribution in [2.75, 3.05) is 22.9 Å². The first-order valence-electron chi connectivity index (χ1n) is 10.9. The number of amides is 1. The van der Waals surface area contributed by atoms with E-state index in [4.69, 9.17) is 5.73 Å². The summed E-state index contributed by atoms with van der Waals surface area (Å²) in [5, 5.41) is 0. The summed E-state index contributed by atoms with van der Waals surface area (Å²) in [6.07, 6.45) is 4.33. The van der Waals surface area contributed by atoms with Crippen LogP contribution in [0.15, 0.2) is 33.9 Å². The van der Waals surface area contributed by atoms with E-state index in [0.717, 1.165) is 37.7 Å². The van der Waals surface area contributed by atoms with Crippen molar-refractivity contribution < 1.29 is 4.79 Å². The summed E-state index contributed by atoms with van der Waals surface area (Å²) >= 11 is 1.51. The van der Waals surface area contributed by atoms with Gasteiger partial charge in [0.25, 0.3) is 5.56 Å². The highest BCUT2D eigenvalue weighted by atomic mass is 32.2. The standard InChI is InChI=1S/C23H34N4O3S/c1-4-6-8-13-26(19(28)16-31-15-18-11-9-10-17(3)14-18)20-21(24)27(12-7-5-2)23(30)25-22(20)29/h9-11,14H,4-8,12-13,15-16,24H2,1-3H3,(H,25,29,30). The number of aryl methyl sites for hydroxylation is 1. The minimum absolute atomic E-state index is 0.0655. The Balaban J connectivity index is 2.25. The first-order chi connectivity index (χ1) is 14.9. The summed E-state index contributed by atoms with van der Waals surface area (Å²) < 4.78 is 1.36. The third kappa shape index (κ3) is 7.02. The fraction of sp³-hybridized carbons (Fsp3) is 0.522. The van der Waals surface area contributed by atoms with Crippen LogP contribution in [0.25, 0.3) is 0 Å². The highest BCUT2D eigenvalue weighted by molar-refractivity contribution is 7.99. The van der Waals surface area contributed by atoms with Crippen LogP contribution in [0, 0.1) is 6.92 Å². The molecule has 0 bridgehead atoms. The van der Waals surface area contributed by atoms with Gasteiger partial charge in [0, 0.05) is 18.8 Å². The van der Waals surface area contributed by atoms with Gasteiger partial charge in [-0.2, -0.15) is 0 Å². The molecule has 1 heterocycles. The Hall–Kier alpha value is -2.48. The summed E-state index contributed by atoms with van der Waals surface area (Å²) in [7, 11) is 0. The van der Waals surface area contributed by atoms with Gasteiger partial charge in [-0.15, -0.1) is 11.8 Å². The smallest absolute Gasteiger partial charge is 0.330 e. The van der Waals surface area contributed by atoms with Gasteiger partial charge in [0.15, 0.2) is 5.69 Å². The van der Waals surface area contributed by atoms with E-state index >= 15 is 0 Å². The Bertz CT molecular complexity index is 984. The molecule has 1 aromatic heterocycles. The monoisotopic (exact) mass is 446 g/mol. The molecule has 0 saturated carbocycles. The fourth-order valence-corrected chi connectivity index (χ4v) is 4.24. The molecule has 31 heavy (non-hydrogen) atoms. The normalized spacial score (nSPS) is 10.9. The topological polar surface area (TPSA) is 101 Å². The molecule has 0 atom stereocenters. The summed E-state index contributed by atoms with van der Waals surface area (Å²) in [4.78, 5) is 41.8.